The van der Waals surface area contributed by atoms with E-state index < -0.39 is 29.6 Å². The number of imide groups is 1. The van der Waals surface area contributed by atoms with Crippen molar-refractivity contribution < 1.29 is 19.1 Å². The van der Waals surface area contributed by atoms with Gasteiger partial charge in [-0.1, -0.05) is 41.9 Å². The Kier molecular flexibility index (Phi) is 6.66. The van der Waals surface area contributed by atoms with E-state index in [2.05, 4.69) is 10.6 Å². The van der Waals surface area contributed by atoms with E-state index in [4.69, 9.17) is 21.6 Å². The summed E-state index contributed by atoms with van der Waals surface area (Å²) in [5, 5.41) is 15.5. The lowest BCUT2D eigenvalue weighted by atomic mass is 9.89. The van der Waals surface area contributed by atoms with Gasteiger partial charge in [0.2, 0.25) is 0 Å². The number of rotatable bonds is 5. The molecule has 0 aromatic heterocycles. The summed E-state index contributed by atoms with van der Waals surface area (Å²) in [6, 6.07) is 21.2. The lowest BCUT2D eigenvalue weighted by Gasteiger charge is -2.40. The molecule has 2 aliphatic heterocycles. The first-order valence-electron chi connectivity index (χ1n) is 11.8. The van der Waals surface area contributed by atoms with E-state index in [1.54, 1.807) is 18.2 Å². The molecule has 2 N–H and O–H groups in total. The third kappa shape index (κ3) is 4.79. The van der Waals surface area contributed by atoms with Crippen molar-refractivity contribution in [2.75, 3.05) is 18.0 Å². The number of amides is 3. The summed E-state index contributed by atoms with van der Waals surface area (Å²) in [7, 11) is 0. The van der Waals surface area contributed by atoms with Crippen LogP contribution in [0.1, 0.15) is 33.5 Å². The number of carbonyl (C=O) groups excluding carboxylic acids is 3. The van der Waals surface area contributed by atoms with Gasteiger partial charge in [-0.3, -0.25) is 9.59 Å². The van der Waals surface area contributed by atoms with Crippen LogP contribution in [0.4, 0.5) is 10.5 Å². The minimum Gasteiger partial charge on any atom is -0.436 e. The molecule has 1 saturated heterocycles. The predicted molar refractivity (Wildman–Crippen MR) is 137 cm³/mol. The van der Waals surface area contributed by atoms with Gasteiger partial charge in [-0.2, -0.15) is 5.26 Å². The normalized spacial score (nSPS) is 19.0. The van der Waals surface area contributed by atoms with Gasteiger partial charge in [0.1, 0.15) is 6.04 Å². The zero-order valence-corrected chi connectivity index (χ0v) is 20.5. The number of nitrogens with zero attached hydrogens (tertiary/aromatic N) is 2. The molecule has 0 radical (unpaired) electrons. The summed E-state index contributed by atoms with van der Waals surface area (Å²) in [4.78, 5) is 41.3. The molecule has 1 fully saturated rings. The van der Waals surface area contributed by atoms with E-state index in [0.29, 0.717) is 41.3 Å². The Morgan fingerprint density at radius 3 is 2.57 bits per heavy atom. The van der Waals surface area contributed by atoms with Gasteiger partial charge in [0.15, 0.2) is 5.60 Å². The maximum Gasteiger partial charge on any atom is 0.422 e. The average molecular weight is 515 g/mol. The molecule has 9 heteroatoms. The van der Waals surface area contributed by atoms with E-state index in [-0.39, 0.29) is 12.0 Å². The van der Waals surface area contributed by atoms with Crippen molar-refractivity contribution in [2.45, 2.75) is 24.5 Å². The molecule has 2 atom stereocenters. The van der Waals surface area contributed by atoms with E-state index in [1.807, 2.05) is 36.4 Å². The minimum atomic E-state index is -1.07. The number of ether oxygens (including phenoxy) is 1. The Hall–Kier alpha value is -4.19. The van der Waals surface area contributed by atoms with Gasteiger partial charge in [0.25, 0.3) is 11.8 Å². The second kappa shape index (κ2) is 10.1. The van der Waals surface area contributed by atoms with Crippen molar-refractivity contribution in [1.82, 2.24) is 10.6 Å². The van der Waals surface area contributed by atoms with Crippen LogP contribution in [-0.4, -0.2) is 37.0 Å². The molecular formula is C28H23ClN4O4. The summed E-state index contributed by atoms with van der Waals surface area (Å²) in [5.41, 5.74) is 1.63. The molecule has 1 spiro atoms. The number of hydrogen-bond donors (Lipinski definition) is 2. The molecule has 1 unspecified atom stereocenters. The number of nitriles is 1. The molecule has 3 amide bonds. The smallest absolute Gasteiger partial charge is 0.422 e. The van der Waals surface area contributed by atoms with Crippen LogP contribution in [0.2, 0.25) is 5.02 Å². The molecule has 5 rings (SSSR count). The molecule has 2 heterocycles. The fourth-order valence-electron chi connectivity index (χ4n) is 4.77. The lowest BCUT2D eigenvalue weighted by molar-refractivity contribution is -0.120. The van der Waals surface area contributed by atoms with E-state index >= 15 is 0 Å². The second-order valence-electron chi connectivity index (χ2n) is 9.03. The highest BCUT2D eigenvalue weighted by atomic mass is 35.5. The van der Waals surface area contributed by atoms with Crippen LogP contribution in [0.3, 0.4) is 0 Å². The molecule has 3 aromatic rings. The van der Waals surface area contributed by atoms with Crippen LogP contribution in [-0.2, 0) is 21.6 Å². The van der Waals surface area contributed by atoms with E-state index in [0.717, 1.165) is 10.5 Å². The van der Waals surface area contributed by atoms with Gasteiger partial charge in [-0.25, -0.2) is 9.69 Å². The lowest BCUT2D eigenvalue weighted by Crippen LogP contribution is -2.56. The van der Waals surface area contributed by atoms with E-state index in [1.165, 1.54) is 24.3 Å². The summed E-state index contributed by atoms with van der Waals surface area (Å²) in [6.45, 7) is 1.07. The summed E-state index contributed by atoms with van der Waals surface area (Å²) in [6.07, 6.45) is -0.0906. The van der Waals surface area contributed by atoms with Crippen molar-refractivity contribution in [3.63, 3.8) is 0 Å². The van der Waals surface area contributed by atoms with Crippen molar-refractivity contribution in [1.29, 1.82) is 5.26 Å². The number of anilines is 1. The van der Waals surface area contributed by atoms with Gasteiger partial charge >= 0.3 is 6.09 Å². The van der Waals surface area contributed by atoms with Gasteiger partial charge < -0.3 is 15.4 Å². The molecular weight excluding hydrogens is 492 g/mol. The molecule has 2 aliphatic rings. The third-order valence-corrected chi connectivity index (χ3v) is 6.89. The predicted octanol–water partition coefficient (Wildman–Crippen LogP) is 3.92. The fourth-order valence-corrected chi connectivity index (χ4v) is 4.94. The molecule has 0 saturated carbocycles. The van der Waals surface area contributed by atoms with Crippen LogP contribution in [0.5, 0.6) is 0 Å². The van der Waals surface area contributed by atoms with Gasteiger partial charge in [0, 0.05) is 35.5 Å². The van der Waals surface area contributed by atoms with Crippen LogP contribution in [0, 0.1) is 11.3 Å². The highest BCUT2D eigenvalue weighted by Crippen LogP contribution is 2.44. The van der Waals surface area contributed by atoms with Crippen LogP contribution in [0.15, 0.2) is 72.8 Å². The van der Waals surface area contributed by atoms with E-state index in [9.17, 15) is 14.4 Å². The van der Waals surface area contributed by atoms with Gasteiger partial charge in [-0.15, -0.1) is 0 Å². The number of carbonyl (C=O) groups is 3. The number of fused-ring (bicyclic) bond motifs is 2. The molecule has 3 aromatic carbocycles. The molecule has 0 bridgehead atoms. The van der Waals surface area contributed by atoms with Crippen LogP contribution < -0.4 is 15.5 Å². The summed E-state index contributed by atoms with van der Waals surface area (Å²) < 4.78 is 5.87. The summed E-state index contributed by atoms with van der Waals surface area (Å²) in [5.74, 6) is -1.13. The standard InChI is InChI=1S/C28H23ClN4O4/c29-21-10-11-24-22(15-21)28(12-13-31-17-28)37-27(36)33(24)26(35)23(14-18-4-2-1-3-5-18)32-25(34)20-8-6-19(16-30)7-9-20/h1-11,15,23,31H,12-14,17H2,(H,32,34)/t23-,28?/m0/s1. The first-order chi connectivity index (χ1) is 17.9. The van der Waals surface area contributed by atoms with Crippen molar-refractivity contribution in [3.8, 4) is 6.07 Å². The Bertz CT molecular complexity index is 1400. The molecule has 8 nitrogen and oxygen atoms in total. The number of halogens is 1. The fraction of sp³-hybridized carbons (Fsp3) is 0.214. The number of benzene rings is 3. The largest absolute Gasteiger partial charge is 0.436 e. The van der Waals surface area contributed by atoms with Gasteiger partial charge in [-0.05, 0) is 54.6 Å². The first kappa shape index (κ1) is 24.5. The van der Waals surface area contributed by atoms with Crippen molar-refractivity contribution >= 4 is 35.2 Å². The molecule has 37 heavy (non-hydrogen) atoms. The second-order valence-corrected chi connectivity index (χ2v) is 9.47. The highest BCUT2D eigenvalue weighted by molar-refractivity contribution is 6.31. The number of hydrogen-bond acceptors (Lipinski definition) is 6. The first-order valence-corrected chi connectivity index (χ1v) is 12.2. The zero-order valence-electron chi connectivity index (χ0n) is 19.7. The Balaban J connectivity index is 1.50. The third-order valence-electron chi connectivity index (χ3n) is 6.65. The molecule has 186 valence electrons. The topological polar surface area (TPSA) is 112 Å². The summed E-state index contributed by atoms with van der Waals surface area (Å²) >= 11 is 6.29. The van der Waals surface area contributed by atoms with Crippen LogP contribution in [0.25, 0.3) is 0 Å². The zero-order chi connectivity index (χ0) is 26.0. The maximum absolute atomic E-state index is 13.9. The average Bonchev–Trinajstić information content (AvgIpc) is 3.38. The van der Waals surface area contributed by atoms with Crippen LogP contribution >= 0.6 is 11.6 Å². The van der Waals surface area contributed by atoms with Crippen molar-refractivity contribution in [3.05, 3.63) is 100 Å². The molecule has 0 aliphatic carbocycles. The monoisotopic (exact) mass is 514 g/mol. The SMILES string of the molecule is N#Cc1ccc(C(=O)N[C@@H](Cc2ccccc2)C(=O)N2C(=O)OC3(CCNC3)c3cc(Cl)ccc32)cc1. The van der Waals surface area contributed by atoms with Crippen molar-refractivity contribution in [2.24, 2.45) is 0 Å². The highest BCUT2D eigenvalue weighted by Gasteiger charge is 2.49. The quantitative estimate of drug-likeness (QED) is 0.533. The van der Waals surface area contributed by atoms with Gasteiger partial charge in [0.05, 0.1) is 17.3 Å². The Labute approximate surface area is 218 Å². The Morgan fingerprint density at radius 1 is 1.14 bits per heavy atom. The maximum atomic E-state index is 13.9. The number of nitrogens with one attached hydrogen (secondary N) is 2. The minimum absolute atomic E-state index is 0.154. The Morgan fingerprint density at radius 2 is 1.89 bits per heavy atom.